The summed E-state index contributed by atoms with van der Waals surface area (Å²) in [4.78, 5) is 6.92. The molecule has 1 fully saturated rings. The third-order valence-electron chi connectivity index (χ3n) is 3.82. The Labute approximate surface area is 108 Å². The predicted molar refractivity (Wildman–Crippen MR) is 72.7 cm³/mol. The second-order valence-electron chi connectivity index (χ2n) is 5.42. The van der Waals surface area contributed by atoms with E-state index in [0.29, 0.717) is 0 Å². The number of benzene rings is 1. The van der Waals surface area contributed by atoms with Crippen LogP contribution >= 0.6 is 0 Å². The van der Waals surface area contributed by atoms with Gasteiger partial charge in [0.25, 0.3) is 0 Å². The average molecular weight is 244 g/mol. The second kappa shape index (κ2) is 4.73. The smallest absolute Gasteiger partial charge is 0.180 e. The summed E-state index contributed by atoms with van der Waals surface area (Å²) in [6.45, 7) is 5.99. The standard InChI is InChI=1S/C15H20N2O/c1-13-16-11-15(18-13)8-5-9-17(12-15)10-14-6-3-2-4-7-14/h2-4,6-7H,5,8-12H2,1H3. The van der Waals surface area contributed by atoms with E-state index in [1.807, 2.05) is 6.92 Å². The van der Waals surface area contributed by atoms with Crippen LogP contribution in [0, 0.1) is 0 Å². The number of aliphatic imine (C=N–C) groups is 1. The summed E-state index contributed by atoms with van der Waals surface area (Å²) in [5, 5.41) is 0. The Balaban J connectivity index is 1.65. The van der Waals surface area contributed by atoms with E-state index in [2.05, 4.69) is 40.2 Å². The minimum atomic E-state index is -0.0306. The van der Waals surface area contributed by atoms with Crippen molar-refractivity contribution in [1.29, 1.82) is 0 Å². The highest BCUT2D eigenvalue weighted by molar-refractivity contribution is 5.75. The molecule has 2 aliphatic heterocycles. The number of piperidine rings is 1. The monoisotopic (exact) mass is 244 g/mol. The Morgan fingerprint density at radius 2 is 2.17 bits per heavy atom. The number of hydrogen-bond donors (Lipinski definition) is 0. The second-order valence-corrected chi connectivity index (χ2v) is 5.42. The lowest BCUT2D eigenvalue weighted by Crippen LogP contribution is -2.49. The van der Waals surface area contributed by atoms with Crippen LogP contribution < -0.4 is 0 Å². The van der Waals surface area contributed by atoms with Crippen molar-refractivity contribution < 1.29 is 4.74 Å². The van der Waals surface area contributed by atoms with Gasteiger partial charge in [-0.05, 0) is 24.9 Å². The maximum absolute atomic E-state index is 5.97. The normalized spacial score (nSPS) is 28.2. The first-order valence-corrected chi connectivity index (χ1v) is 6.72. The van der Waals surface area contributed by atoms with Crippen LogP contribution in [0.3, 0.4) is 0 Å². The van der Waals surface area contributed by atoms with Gasteiger partial charge in [-0.3, -0.25) is 9.89 Å². The summed E-state index contributed by atoms with van der Waals surface area (Å²) in [7, 11) is 0. The maximum Gasteiger partial charge on any atom is 0.180 e. The molecule has 1 unspecified atom stereocenters. The Kier molecular flexibility index (Phi) is 3.08. The largest absolute Gasteiger partial charge is 0.471 e. The third-order valence-corrected chi connectivity index (χ3v) is 3.82. The molecule has 1 saturated heterocycles. The van der Waals surface area contributed by atoms with Gasteiger partial charge in [-0.2, -0.15) is 0 Å². The number of nitrogens with zero attached hydrogens (tertiary/aromatic N) is 2. The van der Waals surface area contributed by atoms with Gasteiger partial charge < -0.3 is 4.74 Å². The van der Waals surface area contributed by atoms with Gasteiger partial charge in [0.2, 0.25) is 0 Å². The highest BCUT2D eigenvalue weighted by Crippen LogP contribution is 2.30. The van der Waals surface area contributed by atoms with Gasteiger partial charge in [-0.1, -0.05) is 30.3 Å². The van der Waals surface area contributed by atoms with Crippen LogP contribution in [0.5, 0.6) is 0 Å². The van der Waals surface area contributed by atoms with Crippen LogP contribution in [-0.4, -0.2) is 36.0 Å². The van der Waals surface area contributed by atoms with Gasteiger partial charge in [0.1, 0.15) is 5.60 Å². The van der Waals surface area contributed by atoms with E-state index >= 15 is 0 Å². The van der Waals surface area contributed by atoms with Crippen LogP contribution in [0.15, 0.2) is 35.3 Å². The Bertz CT molecular complexity index is 443. The zero-order valence-corrected chi connectivity index (χ0v) is 10.9. The summed E-state index contributed by atoms with van der Waals surface area (Å²) in [6.07, 6.45) is 2.34. The van der Waals surface area contributed by atoms with Crippen molar-refractivity contribution in [3.05, 3.63) is 35.9 Å². The van der Waals surface area contributed by atoms with Crippen molar-refractivity contribution in [2.45, 2.75) is 31.9 Å². The highest BCUT2D eigenvalue weighted by Gasteiger charge is 2.40. The lowest BCUT2D eigenvalue weighted by atomic mass is 9.92. The Hall–Kier alpha value is -1.35. The molecular weight excluding hydrogens is 224 g/mol. The summed E-state index contributed by atoms with van der Waals surface area (Å²) < 4.78 is 5.97. The molecule has 2 aliphatic rings. The average Bonchev–Trinajstić information content (AvgIpc) is 2.72. The Morgan fingerprint density at radius 3 is 2.89 bits per heavy atom. The van der Waals surface area contributed by atoms with Crippen molar-refractivity contribution in [3.8, 4) is 0 Å². The fourth-order valence-electron chi connectivity index (χ4n) is 3.01. The van der Waals surface area contributed by atoms with Crippen LogP contribution in [0.4, 0.5) is 0 Å². The van der Waals surface area contributed by atoms with E-state index < -0.39 is 0 Å². The van der Waals surface area contributed by atoms with Crippen molar-refractivity contribution in [2.75, 3.05) is 19.6 Å². The Morgan fingerprint density at radius 1 is 1.33 bits per heavy atom. The zero-order valence-electron chi connectivity index (χ0n) is 10.9. The lowest BCUT2D eigenvalue weighted by molar-refractivity contribution is 0.000423. The highest BCUT2D eigenvalue weighted by atomic mass is 16.5. The molecule has 0 bridgehead atoms. The molecule has 3 nitrogen and oxygen atoms in total. The van der Waals surface area contributed by atoms with Crippen LogP contribution in [0.2, 0.25) is 0 Å². The molecule has 0 radical (unpaired) electrons. The van der Waals surface area contributed by atoms with Crippen molar-refractivity contribution in [1.82, 2.24) is 4.90 Å². The van der Waals surface area contributed by atoms with Crippen LogP contribution in [-0.2, 0) is 11.3 Å². The fraction of sp³-hybridized carbons (Fsp3) is 0.533. The SMILES string of the molecule is CC1=NCC2(CCCN(Cc3ccccc3)C2)O1. The summed E-state index contributed by atoms with van der Waals surface area (Å²) in [5.74, 6) is 0.858. The number of rotatable bonds is 2. The van der Waals surface area contributed by atoms with E-state index in [1.54, 1.807) is 0 Å². The fourth-order valence-corrected chi connectivity index (χ4v) is 3.01. The van der Waals surface area contributed by atoms with E-state index in [4.69, 9.17) is 4.74 Å². The van der Waals surface area contributed by atoms with Gasteiger partial charge in [-0.15, -0.1) is 0 Å². The molecule has 1 aromatic rings. The number of likely N-dealkylation sites (tertiary alicyclic amines) is 1. The zero-order chi connectivity index (χ0) is 12.4. The van der Waals surface area contributed by atoms with Crippen LogP contribution in [0.25, 0.3) is 0 Å². The third kappa shape index (κ3) is 2.41. The van der Waals surface area contributed by atoms with Crippen LogP contribution in [0.1, 0.15) is 25.3 Å². The number of ether oxygens (including phenoxy) is 1. The molecule has 1 spiro atoms. The van der Waals surface area contributed by atoms with Crippen molar-refractivity contribution in [3.63, 3.8) is 0 Å². The molecule has 1 atom stereocenters. The van der Waals surface area contributed by atoms with Gasteiger partial charge >= 0.3 is 0 Å². The van der Waals surface area contributed by atoms with E-state index in [-0.39, 0.29) is 5.60 Å². The number of hydrogen-bond acceptors (Lipinski definition) is 3. The van der Waals surface area contributed by atoms with Gasteiger partial charge in [-0.25, -0.2) is 0 Å². The molecule has 3 heteroatoms. The summed E-state index contributed by atoms with van der Waals surface area (Å²) in [5.41, 5.74) is 1.35. The predicted octanol–water partition coefficient (Wildman–Crippen LogP) is 2.47. The molecule has 18 heavy (non-hydrogen) atoms. The topological polar surface area (TPSA) is 24.8 Å². The molecule has 0 aromatic heterocycles. The van der Waals surface area contributed by atoms with Gasteiger partial charge in [0.05, 0.1) is 6.54 Å². The summed E-state index contributed by atoms with van der Waals surface area (Å²) >= 11 is 0. The first kappa shape index (κ1) is 11.7. The molecular formula is C15H20N2O. The maximum atomic E-state index is 5.97. The first-order chi connectivity index (χ1) is 8.76. The quantitative estimate of drug-likeness (QED) is 0.798. The minimum Gasteiger partial charge on any atom is -0.471 e. The van der Waals surface area contributed by atoms with E-state index in [9.17, 15) is 0 Å². The minimum absolute atomic E-state index is 0.0306. The molecule has 0 amide bonds. The molecule has 3 rings (SSSR count). The van der Waals surface area contributed by atoms with E-state index in [0.717, 1.165) is 32.0 Å². The molecule has 0 saturated carbocycles. The lowest BCUT2D eigenvalue weighted by Gasteiger charge is -2.39. The van der Waals surface area contributed by atoms with Crippen molar-refractivity contribution in [2.24, 2.45) is 4.99 Å². The molecule has 1 aromatic carbocycles. The molecule has 2 heterocycles. The van der Waals surface area contributed by atoms with Crippen molar-refractivity contribution >= 4 is 5.90 Å². The molecule has 0 aliphatic carbocycles. The van der Waals surface area contributed by atoms with Gasteiger partial charge in [0, 0.05) is 20.0 Å². The van der Waals surface area contributed by atoms with E-state index in [1.165, 1.54) is 18.5 Å². The van der Waals surface area contributed by atoms with Gasteiger partial charge in [0.15, 0.2) is 5.90 Å². The molecule has 0 N–H and O–H groups in total. The first-order valence-electron chi connectivity index (χ1n) is 6.72. The molecule has 96 valence electrons. The summed E-state index contributed by atoms with van der Waals surface area (Å²) in [6, 6.07) is 10.7.